The molecular weight excluding hydrogens is 182 g/mol. The fourth-order valence-electron chi connectivity index (χ4n) is 1.89. The van der Waals surface area contributed by atoms with Gasteiger partial charge in [-0.25, -0.2) is 0 Å². The van der Waals surface area contributed by atoms with Gasteiger partial charge in [0.1, 0.15) is 0 Å². The quantitative estimate of drug-likeness (QED) is 0.742. The topological polar surface area (TPSA) is 15.8 Å². The first-order chi connectivity index (χ1) is 7.36. The Morgan fingerprint density at radius 1 is 1.40 bits per heavy atom. The molecule has 0 amide bonds. The van der Waals surface area contributed by atoms with Gasteiger partial charge in [-0.2, -0.15) is 0 Å². The first-order valence-electron chi connectivity index (χ1n) is 5.20. The number of hydrogen-bond acceptors (Lipinski definition) is 0. The van der Waals surface area contributed by atoms with Crippen LogP contribution in [0.2, 0.25) is 0 Å². The van der Waals surface area contributed by atoms with Gasteiger partial charge in [0.15, 0.2) is 0 Å². The predicted molar refractivity (Wildman–Crippen MR) is 67.5 cm³/mol. The van der Waals surface area contributed by atoms with Crippen LogP contribution in [0.3, 0.4) is 0 Å². The molecule has 76 valence electrons. The number of hydrogen-bond donors (Lipinski definition) is 1. The van der Waals surface area contributed by atoms with Gasteiger partial charge >= 0.3 is 0 Å². The van der Waals surface area contributed by atoms with Gasteiger partial charge in [0, 0.05) is 28.9 Å². The molecule has 1 nitrogen and oxygen atoms in total. The van der Waals surface area contributed by atoms with Crippen molar-refractivity contribution in [3.63, 3.8) is 0 Å². The third-order valence-electron chi connectivity index (χ3n) is 2.56. The summed E-state index contributed by atoms with van der Waals surface area (Å²) in [5.74, 6) is 0. The van der Waals surface area contributed by atoms with Gasteiger partial charge in [-0.15, -0.1) is 0 Å². The van der Waals surface area contributed by atoms with E-state index in [1.54, 1.807) is 0 Å². The molecule has 0 unspecified atom stereocenters. The predicted octanol–water partition coefficient (Wildman–Crippen LogP) is 3.82. The van der Waals surface area contributed by atoms with Gasteiger partial charge in [0.2, 0.25) is 0 Å². The van der Waals surface area contributed by atoms with Crippen LogP contribution in [0.25, 0.3) is 18.2 Å². The molecule has 2 rings (SSSR count). The van der Waals surface area contributed by atoms with Crippen LogP contribution in [0.1, 0.15) is 29.4 Å². The Balaban J connectivity index is 2.59. The highest BCUT2D eigenvalue weighted by Crippen LogP contribution is 2.25. The van der Waals surface area contributed by atoms with Crippen molar-refractivity contribution in [3.05, 3.63) is 53.4 Å². The maximum Gasteiger partial charge on any atom is 0.0458 e. The lowest BCUT2D eigenvalue weighted by Crippen LogP contribution is -1.82. The van der Waals surface area contributed by atoms with Crippen molar-refractivity contribution in [2.75, 3.05) is 0 Å². The number of aromatic nitrogens is 1. The molecule has 0 fully saturated rings. The van der Waals surface area contributed by atoms with Gasteiger partial charge in [-0.3, -0.25) is 0 Å². The SMILES string of the molecule is C=Cc1c(/C=C\C)[nH]c2c1C=CC=CC2. The minimum atomic E-state index is 0.959. The van der Waals surface area contributed by atoms with Crippen molar-refractivity contribution in [2.24, 2.45) is 0 Å². The van der Waals surface area contributed by atoms with Crippen LogP contribution in [0.4, 0.5) is 0 Å². The van der Waals surface area contributed by atoms with Gasteiger partial charge < -0.3 is 4.98 Å². The second kappa shape index (κ2) is 4.18. The molecule has 0 saturated carbocycles. The van der Waals surface area contributed by atoms with E-state index < -0.39 is 0 Å². The largest absolute Gasteiger partial charge is 0.358 e. The zero-order valence-electron chi connectivity index (χ0n) is 8.96. The van der Waals surface area contributed by atoms with E-state index in [9.17, 15) is 0 Å². The Morgan fingerprint density at radius 3 is 3.00 bits per heavy atom. The average molecular weight is 197 g/mol. The summed E-state index contributed by atoms with van der Waals surface area (Å²) in [4.78, 5) is 3.43. The van der Waals surface area contributed by atoms with Gasteiger partial charge in [0.25, 0.3) is 0 Å². The Labute approximate surface area is 90.5 Å². The molecule has 1 aromatic heterocycles. The summed E-state index contributed by atoms with van der Waals surface area (Å²) < 4.78 is 0. The van der Waals surface area contributed by atoms with E-state index >= 15 is 0 Å². The number of allylic oxidation sites excluding steroid dienone is 4. The maximum atomic E-state index is 3.88. The van der Waals surface area contributed by atoms with Crippen LogP contribution in [0, 0.1) is 0 Å². The molecule has 1 aliphatic carbocycles. The van der Waals surface area contributed by atoms with Gasteiger partial charge in [-0.05, 0) is 13.0 Å². The minimum Gasteiger partial charge on any atom is -0.358 e. The molecule has 0 radical (unpaired) electrons. The van der Waals surface area contributed by atoms with Crippen LogP contribution >= 0.6 is 0 Å². The lowest BCUT2D eigenvalue weighted by atomic mass is 10.1. The first-order valence-corrected chi connectivity index (χ1v) is 5.20. The first kappa shape index (κ1) is 9.78. The van der Waals surface area contributed by atoms with E-state index in [0.29, 0.717) is 0 Å². The summed E-state index contributed by atoms with van der Waals surface area (Å²) in [6.07, 6.45) is 15.5. The van der Waals surface area contributed by atoms with Crippen LogP contribution in [0.5, 0.6) is 0 Å². The summed E-state index contributed by atoms with van der Waals surface area (Å²) in [7, 11) is 0. The summed E-state index contributed by atoms with van der Waals surface area (Å²) in [6, 6.07) is 0. The molecule has 0 atom stereocenters. The fraction of sp³-hybridized carbons (Fsp3) is 0.143. The second-order valence-electron chi connectivity index (χ2n) is 3.54. The Bertz CT molecular complexity index is 456. The standard InChI is InChI=1S/C14H15N/c1-3-8-13-11(4-2)12-9-6-5-7-10-14(12)15-13/h3-9,15H,2,10H2,1H3/b8-3-. The van der Waals surface area contributed by atoms with Gasteiger partial charge in [0.05, 0.1) is 0 Å². The molecule has 15 heavy (non-hydrogen) atoms. The van der Waals surface area contributed by atoms with E-state index in [1.807, 2.05) is 19.1 Å². The average Bonchev–Trinajstić information content (AvgIpc) is 2.43. The maximum absolute atomic E-state index is 3.88. The van der Waals surface area contributed by atoms with Gasteiger partial charge in [-0.1, -0.05) is 43.0 Å². The summed E-state index contributed by atoms with van der Waals surface area (Å²) in [5, 5.41) is 0. The highest BCUT2D eigenvalue weighted by atomic mass is 14.7. The summed E-state index contributed by atoms with van der Waals surface area (Å²) in [5.41, 5.74) is 4.88. The molecule has 0 saturated heterocycles. The van der Waals surface area contributed by atoms with E-state index in [4.69, 9.17) is 0 Å². The van der Waals surface area contributed by atoms with Crippen LogP contribution in [-0.4, -0.2) is 4.98 Å². The van der Waals surface area contributed by atoms with Crippen molar-refractivity contribution < 1.29 is 0 Å². The van der Waals surface area contributed by atoms with Crippen LogP contribution < -0.4 is 0 Å². The molecule has 1 aliphatic rings. The number of H-pyrrole nitrogens is 1. The van der Waals surface area contributed by atoms with Crippen molar-refractivity contribution in [1.82, 2.24) is 4.98 Å². The van der Waals surface area contributed by atoms with Crippen molar-refractivity contribution in [1.29, 1.82) is 0 Å². The number of nitrogens with one attached hydrogen (secondary N) is 1. The summed E-state index contributed by atoms with van der Waals surface area (Å²) >= 11 is 0. The Kier molecular flexibility index (Phi) is 2.72. The van der Waals surface area contributed by atoms with Crippen molar-refractivity contribution in [2.45, 2.75) is 13.3 Å². The Hall–Kier alpha value is -1.76. The number of aromatic amines is 1. The molecule has 0 spiro atoms. The molecule has 1 heterocycles. The molecule has 1 aromatic rings. The molecule has 1 N–H and O–H groups in total. The van der Waals surface area contributed by atoms with Crippen LogP contribution in [-0.2, 0) is 6.42 Å². The lowest BCUT2D eigenvalue weighted by molar-refractivity contribution is 1.14. The van der Waals surface area contributed by atoms with E-state index in [0.717, 1.165) is 12.1 Å². The Morgan fingerprint density at radius 2 is 2.27 bits per heavy atom. The molecule has 1 heteroatoms. The zero-order chi connectivity index (χ0) is 10.7. The number of rotatable bonds is 2. The fourth-order valence-corrected chi connectivity index (χ4v) is 1.89. The minimum absolute atomic E-state index is 0.959. The molecular formula is C14H15N. The molecule has 0 bridgehead atoms. The van der Waals surface area contributed by atoms with Crippen LogP contribution in [0.15, 0.2) is 30.9 Å². The molecule has 0 aliphatic heterocycles. The zero-order valence-corrected chi connectivity index (χ0v) is 8.96. The summed E-state index contributed by atoms with van der Waals surface area (Å²) in [6.45, 7) is 5.90. The highest BCUT2D eigenvalue weighted by Gasteiger charge is 2.11. The third-order valence-corrected chi connectivity index (χ3v) is 2.56. The highest BCUT2D eigenvalue weighted by molar-refractivity contribution is 5.75. The smallest absolute Gasteiger partial charge is 0.0458 e. The monoisotopic (exact) mass is 197 g/mol. The van der Waals surface area contributed by atoms with Crippen molar-refractivity contribution in [3.8, 4) is 0 Å². The van der Waals surface area contributed by atoms with Crippen molar-refractivity contribution >= 4 is 18.2 Å². The normalized spacial score (nSPS) is 14.2. The number of fused-ring (bicyclic) bond motifs is 1. The van der Waals surface area contributed by atoms with E-state index in [-0.39, 0.29) is 0 Å². The van der Waals surface area contributed by atoms with E-state index in [2.05, 4.69) is 41.9 Å². The third kappa shape index (κ3) is 1.73. The second-order valence-corrected chi connectivity index (χ2v) is 3.54. The molecule has 0 aromatic carbocycles. The lowest BCUT2D eigenvalue weighted by Gasteiger charge is -1.94. The van der Waals surface area contributed by atoms with E-state index in [1.165, 1.54) is 16.8 Å².